The molecule has 0 heterocycles. The topological polar surface area (TPSA) is 0 Å². The van der Waals surface area contributed by atoms with Gasteiger partial charge in [-0.25, -0.2) is 0 Å². The molecule has 0 aliphatic heterocycles. The Labute approximate surface area is 83.1 Å². The summed E-state index contributed by atoms with van der Waals surface area (Å²) in [6, 6.07) is 8.51. The lowest BCUT2D eigenvalue weighted by molar-refractivity contribution is 0.878. The molecule has 0 saturated carbocycles. The number of benzene rings is 1. The van der Waals surface area contributed by atoms with Gasteiger partial charge in [0.25, 0.3) is 0 Å². The number of aryl methyl sites for hydroxylation is 1. The van der Waals surface area contributed by atoms with E-state index in [0.29, 0.717) is 0 Å². The summed E-state index contributed by atoms with van der Waals surface area (Å²) in [7, 11) is 0. The second-order valence-corrected chi connectivity index (χ2v) is 3.78. The largest absolute Gasteiger partial charge is 0.0651 e. The highest BCUT2D eigenvalue weighted by atomic mass is 79.9. The molecule has 0 atom stereocenters. The van der Waals surface area contributed by atoms with Crippen molar-refractivity contribution in [1.82, 2.24) is 0 Å². The molecule has 0 aliphatic carbocycles. The van der Waals surface area contributed by atoms with Crippen LogP contribution >= 0.6 is 15.9 Å². The average Bonchev–Trinajstić information content (AvgIpc) is 2.05. The van der Waals surface area contributed by atoms with Crippen LogP contribution in [0.4, 0.5) is 0 Å². The zero-order valence-corrected chi connectivity index (χ0v) is 8.97. The SMILES string of the molecule is CC[CH]CCc1cccc(Br)c1. The van der Waals surface area contributed by atoms with Crippen LogP contribution in [-0.2, 0) is 6.42 Å². The van der Waals surface area contributed by atoms with Crippen LogP contribution in [-0.4, -0.2) is 0 Å². The highest BCUT2D eigenvalue weighted by Gasteiger charge is 1.93. The maximum Gasteiger partial charge on any atom is 0.0177 e. The molecule has 0 fully saturated rings. The molecule has 0 aliphatic rings. The fourth-order valence-corrected chi connectivity index (χ4v) is 1.61. The minimum atomic E-state index is 1.16. The first-order valence-corrected chi connectivity index (χ1v) is 5.18. The molecule has 12 heavy (non-hydrogen) atoms. The van der Waals surface area contributed by atoms with Gasteiger partial charge in [0.05, 0.1) is 0 Å². The minimum Gasteiger partial charge on any atom is -0.0651 e. The van der Waals surface area contributed by atoms with Crippen LogP contribution in [0.25, 0.3) is 0 Å². The summed E-state index contributed by atoms with van der Waals surface area (Å²) in [6.45, 7) is 2.18. The number of rotatable bonds is 4. The number of hydrogen-bond acceptors (Lipinski definition) is 0. The summed E-state index contributed by atoms with van der Waals surface area (Å²) in [5.74, 6) is 0. The Hall–Kier alpha value is -0.300. The quantitative estimate of drug-likeness (QED) is 0.681. The summed E-state index contributed by atoms with van der Waals surface area (Å²) in [5, 5.41) is 0. The van der Waals surface area contributed by atoms with Gasteiger partial charge >= 0.3 is 0 Å². The fraction of sp³-hybridized carbons (Fsp3) is 0.364. The van der Waals surface area contributed by atoms with Gasteiger partial charge < -0.3 is 0 Å². The normalized spacial score (nSPS) is 10.2. The van der Waals surface area contributed by atoms with Crippen molar-refractivity contribution in [3.05, 3.63) is 40.7 Å². The molecule has 0 unspecified atom stereocenters. The lowest BCUT2D eigenvalue weighted by Gasteiger charge is -2.00. The molecule has 0 nitrogen and oxygen atoms in total. The van der Waals surface area contributed by atoms with E-state index in [1.807, 2.05) is 0 Å². The molecular weight excluding hydrogens is 212 g/mol. The van der Waals surface area contributed by atoms with E-state index in [2.05, 4.69) is 53.5 Å². The maximum atomic E-state index is 3.46. The van der Waals surface area contributed by atoms with E-state index in [0.717, 1.165) is 6.42 Å². The molecule has 0 aromatic heterocycles. The maximum absolute atomic E-state index is 3.46. The Kier molecular flexibility index (Phi) is 4.37. The molecule has 1 rings (SSSR count). The van der Waals surface area contributed by atoms with Crippen LogP contribution in [0.5, 0.6) is 0 Å². The molecular formula is C11H14Br. The molecule has 1 aromatic rings. The van der Waals surface area contributed by atoms with E-state index in [-0.39, 0.29) is 0 Å². The highest BCUT2D eigenvalue weighted by Crippen LogP contribution is 2.13. The first-order chi connectivity index (χ1) is 5.83. The van der Waals surface area contributed by atoms with Crippen molar-refractivity contribution in [2.24, 2.45) is 0 Å². The van der Waals surface area contributed by atoms with Crippen molar-refractivity contribution in [3.63, 3.8) is 0 Å². The zero-order chi connectivity index (χ0) is 8.81. The van der Waals surface area contributed by atoms with E-state index >= 15 is 0 Å². The van der Waals surface area contributed by atoms with Gasteiger partial charge in [-0.15, -0.1) is 0 Å². The lowest BCUT2D eigenvalue weighted by atomic mass is 10.1. The van der Waals surface area contributed by atoms with Crippen molar-refractivity contribution < 1.29 is 0 Å². The number of unbranched alkanes of at least 4 members (excludes halogenated alkanes) is 2. The van der Waals surface area contributed by atoms with Crippen molar-refractivity contribution in [2.45, 2.75) is 26.2 Å². The van der Waals surface area contributed by atoms with Crippen molar-refractivity contribution in [1.29, 1.82) is 0 Å². The van der Waals surface area contributed by atoms with E-state index in [1.165, 1.54) is 22.9 Å². The third-order valence-electron chi connectivity index (χ3n) is 1.81. The molecule has 0 saturated heterocycles. The van der Waals surface area contributed by atoms with Crippen molar-refractivity contribution in [2.75, 3.05) is 0 Å². The molecule has 1 heteroatoms. The van der Waals surface area contributed by atoms with Crippen LogP contribution in [0.1, 0.15) is 25.3 Å². The Bertz CT molecular complexity index is 230. The van der Waals surface area contributed by atoms with E-state index in [1.54, 1.807) is 0 Å². The predicted molar refractivity (Wildman–Crippen MR) is 57.1 cm³/mol. The van der Waals surface area contributed by atoms with Gasteiger partial charge in [0.15, 0.2) is 0 Å². The van der Waals surface area contributed by atoms with Gasteiger partial charge in [-0.2, -0.15) is 0 Å². The Morgan fingerprint density at radius 2 is 2.25 bits per heavy atom. The molecule has 65 valence electrons. The smallest absolute Gasteiger partial charge is 0.0177 e. The van der Waals surface area contributed by atoms with Crippen LogP contribution in [0, 0.1) is 6.42 Å². The van der Waals surface area contributed by atoms with Gasteiger partial charge in [-0.3, -0.25) is 0 Å². The highest BCUT2D eigenvalue weighted by molar-refractivity contribution is 9.10. The van der Waals surface area contributed by atoms with Crippen LogP contribution in [0.2, 0.25) is 0 Å². The third-order valence-corrected chi connectivity index (χ3v) is 2.31. The first kappa shape index (κ1) is 9.79. The Morgan fingerprint density at radius 1 is 1.42 bits per heavy atom. The average molecular weight is 226 g/mol. The summed E-state index contributed by atoms with van der Waals surface area (Å²) >= 11 is 3.46. The Balaban J connectivity index is 2.41. The van der Waals surface area contributed by atoms with Crippen molar-refractivity contribution >= 4 is 15.9 Å². The molecule has 1 aromatic carbocycles. The van der Waals surface area contributed by atoms with Crippen LogP contribution < -0.4 is 0 Å². The minimum absolute atomic E-state index is 1.16. The van der Waals surface area contributed by atoms with Gasteiger partial charge in [0.2, 0.25) is 0 Å². The Morgan fingerprint density at radius 3 is 2.92 bits per heavy atom. The lowest BCUT2D eigenvalue weighted by Crippen LogP contribution is -1.84. The predicted octanol–water partition coefficient (Wildman–Crippen LogP) is 4.00. The molecule has 0 bridgehead atoms. The fourth-order valence-electron chi connectivity index (χ4n) is 1.17. The van der Waals surface area contributed by atoms with Crippen LogP contribution in [0.15, 0.2) is 28.7 Å². The van der Waals surface area contributed by atoms with Crippen molar-refractivity contribution in [3.8, 4) is 0 Å². The number of halogens is 1. The standard InChI is InChI=1S/C11H14Br/c1-2-3-4-6-10-7-5-8-11(12)9-10/h3,5,7-9H,2,4,6H2,1H3. The molecule has 1 radical (unpaired) electrons. The summed E-state index contributed by atoms with van der Waals surface area (Å²) in [6.07, 6.45) is 5.84. The summed E-state index contributed by atoms with van der Waals surface area (Å²) in [4.78, 5) is 0. The molecule has 0 N–H and O–H groups in total. The first-order valence-electron chi connectivity index (χ1n) is 4.39. The van der Waals surface area contributed by atoms with Gasteiger partial charge in [-0.1, -0.05) is 41.4 Å². The van der Waals surface area contributed by atoms with E-state index in [4.69, 9.17) is 0 Å². The summed E-state index contributed by atoms with van der Waals surface area (Å²) < 4.78 is 1.18. The molecule has 0 amide bonds. The van der Waals surface area contributed by atoms with Gasteiger partial charge in [0, 0.05) is 4.47 Å². The number of hydrogen-bond donors (Lipinski definition) is 0. The zero-order valence-electron chi connectivity index (χ0n) is 7.39. The third kappa shape index (κ3) is 3.40. The second kappa shape index (κ2) is 5.36. The monoisotopic (exact) mass is 225 g/mol. The molecule has 0 spiro atoms. The van der Waals surface area contributed by atoms with Gasteiger partial charge in [-0.05, 0) is 37.0 Å². The van der Waals surface area contributed by atoms with E-state index in [9.17, 15) is 0 Å². The second-order valence-electron chi connectivity index (χ2n) is 2.87. The van der Waals surface area contributed by atoms with Gasteiger partial charge in [0.1, 0.15) is 0 Å². The summed E-state index contributed by atoms with van der Waals surface area (Å²) in [5.41, 5.74) is 1.41. The van der Waals surface area contributed by atoms with Crippen LogP contribution in [0.3, 0.4) is 0 Å². The van der Waals surface area contributed by atoms with E-state index < -0.39 is 0 Å².